The Bertz CT molecular complexity index is 1650. The Balaban J connectivity index is 1.67. The summed E-state index contributed by atoms with van der Waals surface area (Å²) in [6, 6.07) is 21.7. The van der Waals surface area contributed by atoms with Crippen molar-refractivity contribution in [1.82, 2.24) is 0 Å². The van der Waals surface area contributed by atoms with Crippen molar-refractivity contribution >= 4 is 53.5 Å². The van der Waals surface area contributed by atoms with Crippen molar-refractivity contribution in [3.63, 3.8) is 0 Å². The van der Waals surface area contributed by atoms with Crippen molar-refractivity contribution in [2.75, 3.05) is 0 Å². The summed E-state index contributed by atoms with van der Waals surface area (Å²) in [6.07, 6.45) is -0.727. The van der Waals surface area contributed by atoms with E-state index in [2.05, 4.69) is 22.0 Å². The first-order chi connectivity index (χ1) is 17.7. The van der Waals surface area contributed by atoms with Crippen molar-refractivity contribution in [2.24, 2.45) is 0 Å². The average molecular weight is 576 g/mol. The number of fused-ring (bicyclic) bond motifs is 2. The number of aryl methyl sites for hydroxylation is 3. The number of ether oxygens (including phenoxy) is 1. The molecule has 5 aromatic rings. The van der Waals surface area contributed by atoms with Gasteiger partial charge < -0.3 is 14.4 Å². The Morgan fingerprint density at radius 1 is 0.973 bits per heavy atom. The summed E-state index contributed by atoms with van der Waals surface area (Å²) in [5.74, 6) is -0.417. The van der Waals surface area contributed by atoms with Gasteiger partial charge in [0.2, 0.25) is 0 Å². The van der Waals surface area contributed by atoms with Crippen LogP contribution in [-0.2, 0) is 11.2 Å². The molecule has 0 aliphatic rings. The second-order valence-corrected chi connectivity index (χ2v) is 11.8. The molecule has 2 atom stereocenters. The van der Waals surface area contributed by atoms with E-state index >= 15 is 0 Å². The lowest BCUT2D eigenvalue weighted by Crippen LogP contribution is -2.30. The summed E-state index contributed by atoms with van der Waals surface area (Å²) in [5.41, 5.74) is 5.67. The minimum absolute atomic E-state index is 0.275. The standard InChI is InChI=1S/C31H27BrO4S/c1-17-14-22(15-18(2)29(17)36-25(31(33)34)16-21-10-6-5-7-11-21)27-23-12-8-9-13-24(23)28(32)30-26(27)19(3)20(4)37(30)35/h5-15,25H,16H2,1-4H3,(H,33,34)/t25-,37?/m1/s1. The van der Waals surface area contributed by atoms with E-state index in [1.54, 1.807) is 0 Å². The Hall–Kier alpha value is -3.19. The van der Waals surface area contributed by atoms with Gasteiger partial charge in [-0.1, -0.05) is 54.6 Å². The number of hydrogen-bond donors (Lipinski definition) is 1. The van der Waals surface area contributed by atoms with Gasteiger partial charge in [0.1, 0.15) is 10.6 Å². The molecule has 6 heteroatoms. The number of halogens is 1. The predicted molar refractivity (Wildman–Crippen MR) is 154 cm³/mol. The lowest BCUT2D eigenvalue weighted by Gasteiger charge is -2.20. The summed E-state index contributed by atoms with van der Waals surface area (Å²) in [6.45, 7) is 7.85. The van der Waals surface area contributed by atoms with Gasteiger partial charge >= 0.3 is 5.97 Å². The van der Waals surface area contributed by atoms with Crippen LogP contribution in [0, 0.1) is 27.7 Å². The van der Waals surface area contributed by atoms with E-state index in [1.807, 2.05) is 88.4 Å². The molecule has 5 rings (SSSR count). The third-order valence-corrected chi connectivity index (χ3v) is 9.75. The number of carboxylic acid groups (broad SMARTS) is 1. The molecular weight excluding hydrogens is 548 g/mol. The number of aliphatic carboxylic acids is 1. The smallest absolute Gasteiger partial charge is 0.345 e. The zero-order valence-corrected chi connectivity index (χ0v) is 23.5. The Kier molecular flexibility index (Phi) is 6.84. The van der Waals surface area contributed by atoms with Crippen molar-refractivity contribution < 1.29 is 19.2 Å². The summed E-state index contributed by atoms with van der Waals surface area (Å²) in [5, 5.41) is 13.0. The highest BCUT2D eigenvalue weighted by molar-refractivity contribution is 9.11. The van der Waals surface area contributed by atoms with Gasteiger partial charge in [-0.15, -0.1) is 0 Å². The molecule has 0 aliphatic heterocycles. The minimum Gasteiger partial charge on any atom is -0.590 e. The fourth-order valence-corrected chi connectivity index (χ4v) is 7.49. The maximum Gasteiger partial charge on any atom is 0.345 e. The number of benzene rings is 4. The predicted octanol–water partition coefficient (Wildman–Crippen LogP) is 8.46. The first-order valence-electron chi connectivity index (χ1n) is 12.1. The van der Waals surface area contributed by atoms with E-state index in [1.165, 1.54) is 0 Å². The number of carboxylic acids is 1. The molecular formula is C31H27BrO4S. The van der Waals surface area contributed by atoms with E-state index in [0.717, 1.165) is 63.6 Å². The summed E-state index contributed by atoms with van der Waals surface area (Å²) in [7, 11) is -1.23. The molecule has 0 aliphatic carbocycles. The lowest BCUT2D eigenvalue weighted by atomic mass is 9.91. The molecule has 0 saturated heterocycles. The van der Waals surface area contributed by atoms with Crippen molar-refractivity contribution in [3.8, 4) is 16.9 Å². The first-order valence-corrected chi connectivity index (χ1v) is 14.0. The number of carbonyl (C=O) groups is 1. The van der Waals surface area contributed by atoms with E-state index < -0.39 is 22.8 Å². The number of rotatable bonds is 6. The highest BCUT2D eigenvalue weighted by Crippen LogP contribution is 2.50. The minimum atomic E-state index is -1.23. The van der Waals surface area contributed by atoms with Gasteiger partial charge in [-0.3, -0.25) is 0 Å². The van der Waals surface area contributed by atoms with Crippen LogP contribution in [0.3, 0.4) is 0 Å². The summed E-state index contributed by atoms with van der Waals surface area (Å²) in [4.78, 5) is 12.9. The molecule has 188 valence electrons. The zero-order chi connectivity index (χ0) is 26.4. The summed E-state index contributed by atoms with van der Waals surface area (Å²) < 4.78 is 21.1. The van der Waals surface area contributed by atoms with Crippen LogP contribution < -0.4 is 4.74 Å². The molecule has 1 unspecified atom stereocenters. The largest absolute Gasteiger partial charge is 0.590 e. The van der Waals surface area contributed by atoms with Gasteiger partial charge in [0.05, 0.1) is 9.86 Å². The Labute approximate surface area is 227 Å². The topological polar surface area (TPSA) is 69.6 Å². The molecule has 0 fully saturated rings. The molecule has 1 heterocycles. The van der Waals surface area contributed by atoms with Gasteiger partial charge in [-0.2, -0.15) is 0 Å². The van der Waals surface area contributed by atoms with Crippen LogP contribution >= 0.6 is 26.7 Å². The fourth-order valence-electron chi connectivity index (χ4n) is 5.10. The van der Waals surface area contributed by atoms with Crippen LogP contribution in [0.15, 0.2) is 71.2 Å². The van der Waals surface area contributed by atoms with Crippen molar-refractivity contribution in [1.29, 1.82) is 0 Å². The molecule has 4 aromatic carbocycles. The molecule has 1 N–H and O–H groups in total. The highest BCUT2D eigenvalue weighted by atomic mass is 79.9. The fraction of sp³-hybridized carbons (Fsp3) is 0.194. The molecule has 0 saturated carbocycles. The van der Waals surface area contributed by atoms with Crippen molar-refractivity contribution in [3.05, 3.63) is 98.3 Å². The Morgan fingerprint density at radius 2 is 1.57 bits per heavy atom. The van der Waals surface area contributed by atoms with Crippen molar-refractivity contribution in [2.45, 2.75) is 40.2 Å². The molecule has 37 heavy (non-hydrogen) atoms. The number of hydrogen-bond acceptors (Lipinski definition) is 3. The Morgan fingerprint density at radius 3 is 2.19 bits per heavy atom. The van der Waals surface area contributed by atoms with E-state index in [9.17, 15) is 14.5 Å². The monoisotopic (exact) mass is 574 g/mol. The van der Waals surface area contributed by atoms with Gasteiger partial charge in [-0.25, -0.2) is 4.79 Å². The maximum absolute atomic E-state index is 13.3. The highest BCUT2D eigenvalue weighted by Gasteiger charge is 2.27. The van der Waals surface area contributed by atoms with Crippen LogP contribution in [0.4, 0.5) is 0 Å². The van der Waals surface area contributed by atoms with Crippen LogP contribution in [0.25, 0.3) is 32.0 Å². The van der Waals surface area contributed by atoms with E-state index in [4.69, 9.17) is 4.74 Å². The molecule has 0 bridgehead atoms. The SMILES string of the molecule is Cc1cc(-c2c3ccccc3c(Br)c3c2c(C)c(C)[s+]3[O-])cc(C)c1O[C@H](Cc1ccccc1)C(=O)O. The van der Waals surface area contributed by atoms with Crippen LogP contribution in [0.1, 0.15) is 27.1 Å². The molecule has 0 amide bonds. The molecule has 0 spiro atoms. The van der Waals surface area contributed by atoms with Gasteiger partial charge in [-0.05, 0) is 87.2 Å². The van der Waals surface area contributed by atoms with Crippen LogP contribution in [0.5, 0.6) is 5.75 Å². The molecule has 0 radical (unpaired) electrons. The average Bonchev–Trinajstić information content (AvgIpc) is 3.10. The summed E-state index contributed by atoms with van der Waals surface area (Å²) >= 11 is 3.75. The zero-order valence-electron chi connectivity index (χ0n) is 21.1. The van der Waals surface area contributed by atoms with E-state index in [0.29, 0.717) is 5.75 Å². The third kappa shape index (κ3) is 4.43. The quantitative estimate of drug-likeness (QED) is 0.206. The van der Waals surface area contributed by atoms with Gasteiger partial charge in [0, 0.05) is 29.9 Å². The molecule has 4 nitrogen and oxygen atoms in total. The maximum atomic E-state index is 13.3. The van der Waals surface area contributed by atoms with Gasteiger partial charge in [0.15, 0.2) is 10.8 Å². The van der Waals surface area contributed by atoms with Gasteiger partial charge in [0.25, 0.3) is 0 Å². The first kappa shape index (κ1) is 25.5. The number of thiophene rings is 1. The lowest BCUT2D eigenvalue weighted by molar-refractivity contribution is -0.145. The third-order valence-electron chi connectivity index (χ3n) is 7.02. The second-order valence-electron chi connectivity index (χ2n) is 9.46. The molecule has 1 aromatic heterocycles. The normalized spacial score (nSPS) is 12.8. The van der Waals surface area contributed by atoms with Crippen LogP contribution in [0.2, 0.25) is 0 Å². The second kappa shape index (κ2) is 9.93. The van der Waals surface area contributed by atoms with E-state index in [-0.39, 0.29) is 6.42 Å². The van der Waals surface area contributed by atoms with Crippen LogP contribution in [-0.4, -0.2) is 21.7 Å².